The molecule has 1 aromatic rings. The number of hydrogen-bond acceptors (Lipinski definition) is 5. The monoisotopic (exact) mass is 358 g/mol. The molecule has 1 aliphatic carbocycles. The van der Waals surface area contributed by atoms with Gasteiger partial charge in [-0.15, -0.1) is 0 Å². The molecule has 4 rings (SSSR count). The zero-order chi connectivity index (χ0) is 17.9. The first-order valence-corrected chi connectivity index (χ1v) is 9.57. The highest BCUT2D eigenvalue weighted by atomic mass is 16.2. The van der Waals surface area contributed by atoms with E-state index in [0.29, 0.717) is 19.0 Å². The van der Waals surface area contributed by atoms with Crippen LogP contribution < -0.4 is 10.2 Å². The predicted molar refractivity (Wildman–Crippen MR) is 96.7 cm³/mol. The summed E-state index contributed by atoms with van der Waals surface area (Å²) in [5.74, 6) is 1.32. The van der Waals surface area contributed by atoms with Crippen molar-refractivity contribution in [2.24, 2.45) is 5.92 Å². The number of nitrogens with one attached hydrogen (secondary N) is 1. The smallest absolute Gasteiger partial charge is 0.317 e. The van der Waals surface area contributed by atoms with Gasteiger partial charge in [0.05, 0.1) is 0 Å². The summed E-state index contributed by atoms with van der Waals surface area (Å²) in [6.07, 6.45) is 7.28. The number of rotatable bonds is 3. The third-order valence-electron chi connectivity index (χ3n) is 5.46. The molecule has 2 saturated heterocycles. The molecule has 140 valence electrons. The molecule has 2 aliphatic heterocycles. The van der Waals surface area contributed by atoms with Crippen LogP contribution in [0.15, 0.2) is 18.5 Å². The van der Waals surface area contributed by atoms with Gasteiger partial charge in [-0.05, 0) is 31.7 Å². The van der Waals surface area contributed by atoms with E-state index in [0.717, 1.165) is 57.8 Å². The third-order valence-corrected chi connectivity index (χ3v) is 5.46. The highest BCUT2D eigenvalue weighted by molar-refractivity contribution is 5.81. The predicted octanol–water partition coefficient (Wildman–Crippen LogP) is 0.709. The molecule has 3 aliphatic rings. The van der Waals surface area contributed by atoms with Crippen LogP contribution in [0.25, 0.3) is 0 Å². The van der Waals surface area contributed by atoms with Gasteiger partial charge in [0.15, 0.2) is 0 Å². The van der Waals surface area contributed by atoms with Crippen molar-refractivity contribution in [2.45, 2.75) is 31.7 Å². The van der Waals surface area contributed by atoms with Gasteiger partial charge in [-0.25, -0.2) is 14.8 Å². The van der Waals surface area contributed by atoms with E-state index in [1.165, 1.54) is 0 Å². The van der Waals surface area contributed by atoms with Gasteiger partial charge in [-0.2, -0.15) is 0 Å². The van der Waals surface area contributed by atoms with Crippen LogP contribution in [0.4, 0.5) is 10.7 Å². The molecule has 0 unspecified atom stereocenters. The van der Waals surface area contributed by atoms with Gasteiger partial charge in [0, 0.05) is 63.6 Å². The van der Waals surface area contributed by atoms with E-state index in [9.17, 15) is 9.59 Å². The van der Waals surface area contributed by atoms with E-state index < -0.39 is 0 Å². The van der Waals surface area contributed by atoms with E-state index in [-0.39, 0.29) is 18.0 Å². The van der Waals surface area contributed by atoms with Crippen molar-refractivity contribution in [2.75, 3.05) is 44.2 Å². The van der Waals surface area contributed by atoms with Crippen molar-refractivity contribution in [3.63, 3.8) is 0 Å². The Morgan fingerprint density at radius 3 is 2.15 bits per heavy atom. The number of carbonyl (C=O) groups is 2. The molecule has 0 radical (unpaired) electrons. The second-order valence-electron chi connectivity index (χ2n) is 7.35. The Balaban J connectivity index is 1.20. The molecule has 8 heteroatoms. The second-order valence-corrected chi connectivity index (χ2v) is 7.35. The van der Waals surface area contributed by atoms with Crippen molar-refractivity contribution < 1.29 is 9.59 Å². The summed E-state index contributed by atoms with van der Waals surface area (Å²) >= 11 is 0. The van der Waals surface area contributed by atoms with Crippen LogP contribution in [0.5, 0.6) is 0 Å². The van der Waals surface area contributed by atoms with Crippen molar-refractivity contribution in [1.82, 2.24) is 25.1 Å². The average molecular weight is 358 g/mol. The molecule has 0 aromatic carbocycles. The Bertz CT molecular complexity index is 634. The quantitative estimate of drug-likeness (QED) is 0.861. The fourth-order valence-corrected chi connectivity index (χ4v) is 3.66. The van der Waals surface area contributed by atoms with Crippen molar-refractivity contribution in [3.05, 3.63) is 18.5 Å². The van der Waals surface area contributed by atoms with Crippen molar-refractivity contribution in [1.29, 1.82) is 0 Å². The SMILES string of the molecule is O=C(NC1CCN(C(=O)C2CC2)CC1)N1CCN(c2ncccn2)CC1. The number of nitrogens with zero attached hydrogens (tertiary/aromatic N) is 5. The van der Waals surface area contributed by atoms with Gasteiger partial charge in [0.1, 0.15) is 0 Å². The lowest BCUT2D eigenvalue weighted by molar-refractivity contribution is -0.133. The molecule has 26 heavy (non-hydrogen) atoms. The lowest BCUT2D eigenvalue weighted by atomic mass is 10.0. The number of hydrogen-bond donors (Lipinski definition) is 1. The molecule has 0 atom stereocenters. The molecule has 8 nitrogen and oxygen atoms in total. The number of carbonyl (C=O) groups excluding carboxylic acids is 2. The van der Waals surface area contributed by atoms with Crippen LogP contribution in [-0.4, -0.2) is 77.0 Å². The van der Waals surface area contributed by atoms with Gasteiger partial charge in [-0.3, -0.25) is 4.79 Å². The molecule has 1 N–H and O–H groups in total. The van der Waals surface area contributed by atoms with E-state index in [2.05, 4.69) is 20.2 Å². The second kappa shape index (κ2) is 7.47. The third kappa shape index (κ3) is 3.89. The highest BCUT2D eigenvalue weighted by Gasteiger charge is 2.35. The van der Waals surface area contributed by atoms with Crippen LogP contribution in [0.1, 0.15) is 25.7 Å². The maximum absolute atomic E-state index is 12.5. The number of likely N-dealkylation sites (tertiary alicyclic amines) is 1. The van der Waals surface area contributed by atoms with Crippen molar-refractivity contribution >= 4 is 17.9 Å². The number of piperidine rings is 1. The van der Waals surface area contributed by atoms with Gasteiger partial charge in [0.2, 0.25) is 11.9 Å². The summed E-state index contributed by atoms with van der Waals surface area (Å²) in [4.78, 5) is 39.1. The Morgan fingerprint density at radius 1 is 0.885 bits per heavy atom. The summed E-state index contributed by atoms with van der Waals surface area (Å²) in [5, 5.41) is 3.15. The van der Waals surface area contributed by atoms with E-state index >= 15 is 0 Å². The highest BCUT2D eigenvalue weighted by Crippen LogP contribution is 2.31. The maximum Gasteiger partial charge on any atom is 0.317 e. The Morgan fingerprint density at radius 2 is 1.54 bits per heavy atom. The summed E-state index contributed by atoms with van der Waals surface area (Å²) < 4.78 is 0. The van der Waals surface area contributed by atoms with Crippen LogP contribution >= 0.6 is 0 Å². The van der Waals surface area contributed by atoms with Crippen LogP contribution in [0, 0.1) is 5.92 Å². The summed E-state index contributed by atoms with van der Waals surface area (Å²) in [7, 11) is 0. The molecule has 0 bridgehead atoms. The van der Waals surface area contributed by atoms with Gasteiger partial charge in [-0.1, -0.05) is 0 Å². The van der Waals surface area contributed by atoms with E-state index in [1.807, 2.05) is 9.80 Å². The minimum atomic E-state index is 0.00518. The Kier molecular flexibility index (Phi) is 4.90. The van der Waals surface area contributed by atoms with Crippen molar-refractivity contribution in [3.8, 4) is 0 Å². The molecular formula is C18H26N6O2. The molecule has 1 saturated carbocycles. The van der Waals surface area contributed by atoms with Gasteiger partial charge >= 0.3 is 6.03 Å². The minimum Gasteiger partial charge on any atom is -0.342 e. The molecular weight excluding hydrogens is 332 g/mol. The van der Waals surface area contributed by atoms with Crippen LogP contribution in [-0.2, 0) is 4.79 Å². The standard InChI is InChI=1S/C18H26N6O2/c25-16(14-2-3-14)22-8-4-15(5-9-22)21-18(26)24-12-10-23(11-13-24)17-19-6-1-7-20-17/h1,6-7,14-15H,2-5,8-13H2,(H,21,26). The lowest BCUT2D eigenvalue weighted by Gasteiger charge is -2.37. The zero-order valence-corrected chi connectivity index (χ0v) is 15.0. The largest absolute Gasteiger partial charge is 0.342 e. The number of piperazine rings is 1. The number of amides is 3. The molecule has 3 fully saturated rings. The average Bonchev–Trinajstić information content (AvgIpc) is 3.54. The topological polar surface area (TPSA) is 81.7 Å². The van der Waals surface area contributed by atoms with E-state index in [4.69, 9.17) is 0 Å². The van der Waals surface area contributed by atoms with Gasteiger partial charge in [0.25, 0.3) is 0 Å². The van der Waals surface area contributed by atoms with Crippen LogP contribution in [0.3, 0.4) is 0 Å². The lowest BCUT2D eigenvalue weighted by Crippen LogP contribution is -2.55. The number of urea groups is 1. The summed E-state index contributed by atoms with van der Waals surface area (Å²) in [6, 6.07) is 1.98. The molecule has 3 heterocycles. The molecule has 1 aromatic heterocycles. The number of anilines is 1. The summed E-state index contributed by atoms with van der Waals surface area (Å²) in [5.41, 5.74) is 0. The number of aromatic nitrogens is 2. The van der Waals surface area contributed by atoms with Crippen LogP contribution in [0.2, 0.25) is 0 Å². The fourth-order valence-electron chi connectivity index (χ4n) is 3.66. The Hall–Kier alpha value is -2.38. The first kappa shape index (κ1) is 17.1. The Labute approximate surface area is 153 Å². The first-order valence-electron chi connectivity index (χ1n) is 9.57. The minimum absolute atomic E-state index is 0.00518. The maximum atomic E-state index is 12.5. The van der Waals surface area contributed by atoms with Gasteiger partial charge < -0.3 is 20.0 Å². The normalized spacial score (nSPS) is 21.6. The molecule has 3 amide bonds. The first-order chi connectivity index (χ1) is 12.7. The molecule has 0 spiro atoms. The van der Waals surface area contributed by atoms with E-state index in [1.54, 1.807) is 18.5 Å². The fraction of sp³-hybridized carbons (Fsp3) is 0.667. The zero-order valence-electron chi connectivity index (χ0n) is 15.0. The summed E-state index contributed by atoms with van der Waals surface area (Å²) in [6.45, 7) is 4.35.